The smallest absolute Gasteiger partial charge is 0.387 e. The number of fused-ring (bicyclic) bond motifs is 1. The Kier molecular flexibility index (Phi) is 11.0. The Morgan fingerprint density at radius 3 is 2.53 bits per heavy atom. The van der Waals surface area contributed by atoms with Gasteiger partial charge in [-0.1, -0.05) is 0 Å². The van der Waals surface area contributed by atoms with Crippen LogP contribution in [0, 0.1) is 0 Å². The first kappa shape index (κ1) is 26.7. The summed E-state index contributed by atoms with van der Waals surface area (Å²) in [5.41, 5.74) is 0.498. The highest BCUT2D eigenvalue weighted by atomic mass is 127. The van der Waals surface area contributed by atoms with Gasteiger partial charge in [0.1, 0.15) is 5.75 Å². The molecule has 2 heterocycles. The van der Waals surface area contributed by atoms with Crippen molar-refractivity contribution >= 4 is 29.9 Å². The zero-order valence-electron chi connectivity index (χ0n) is 18.7. The van der Waals surface area contributed by atoms with Gasteiger partial charge in [-0.05, 0) is 33.3 Å². The number of hydrogen-bond acceptors (Lipinski definition) is 6. The third kappa shape index (κ3) is 8.07. The van der Waals surface area contributed by atoms with E-state index in [4.69, 9.17) is 14.2 Å². The van der Waals surface area contributed by atoms with Crippen LogP contribution in [-0.2, 0) is 11.3 Å². The fraction of sp³-hybridized carbons (Fsp3) is 0.667. The Morgan fingerprint density at radius 1 is 1.19 bits per heavy atom. The van der Waals surface area contributed by atoms with Crippen molar-refractivity contribution in [2.24, 2.45) is 4.99 Å². The molecule has 0 spiro atoms. The molecule has 1 fully saturated rings. The quantitative estimate of drug-likeness (QED) is 0.205. The molecule has 0 radical (unpaired) electrons. The van der Waals surface area contributed by atoms with E-state index in [9.17, 15) is 8.78 Å². The monoisotopic (exact) mass is 570 g/mol. The lowest BCUT2D eigenvalue weighted by Gasteiger charge is -2.35. The number of hydrogen-bond donors (Lipinski definition) is 2. The van der Waals surface area contributed by atoms with E-state index in [0.29, 0.717) is 29.6 Å². The summed E-state index contributed by atoms with van der Waals surface area (Å²) in [6, 6.07) is 3.05. The van der Waals surface area contributed by atoms with E-state index in [-0.39, 0.29) is 55.3 Å². The van der Waals surface area contributed by atoms with Crippen molar-refractivity contribution < 1.29 is 27.7 Å². The van der Waals surface area contributed by atoms with Crippen LogP contribution < -0.4 is 24.8 Å². The van der Waals surface area contributed by atoms with Gasteiger partial charge in [-0.3, -0.25) is 4.90 Å². The van der Waals surface area contributed by atoms with Gasteiger partial charge in [0.25, 0.3) is 0 Å². The molecule has 2 aliphatic heterocycles. The highest BCUT2D eigenvalue weighted by molar-refractivity contribution is 14.0. The van der Waals surface area contributed by atoms with Crippen molar-refractivity contribution in [1.82, 2.24) is 15.5 Å². The van der Waals surface area contributed by atoms with E-state index >= 15 is 0 Å². The second-order valence-corrected chi connectivity index (χ2v) is 7.68. The van der Waals surface area contributed by atoms with Gasteiger partial charge in [-0.25, -0.2) is 4.99 Å². The Bertz CT molecular complexity index is 747. The number of ether oxygens (including phenoxy) is 4. The minimum atomic E-state index is -2.93. The number of aliphatic imine (C=N–C) groups is 1. The molecule has 0 bridgehead atoms. The number of halogens is 3. The topological polar surface area (TPSA) is 76.6 Å². The van der Waals surface area contributed by atoms with E-state index in [1.165, 1.54) is 6.07 Å². The second kappa shape index (κ2) is 13.2. The van der Waals surface area contributed by atoms with E-state index < -0.39 is 6.61 Å². The molecule has 1 aromatic rings. The van der Waals surface area contributed by atoms with Gasteiger partial charge in [0.05, 0.1) is 18.8 Å². The Balaban J connectivity index is 0.00000363. The normalized spacial score (nSPS) is 20.8. The molecule has 2 atom stereocenters. The molecule has 2 unspecified atom stereocenters. The number of rotatable bonds is 9. The largest absolute Gasteiger partial charge is 0.454 e. The lowest BCUT2D eigenvalue weighted by molar-refractivity contribution is -0.0679. The number of benzene rings is 1. The van der Waals surface area contributed by atoms with Gasteiger partial charge in [-0.2, -0.15) is 8.78 Å². The van der Waals surface area contributed by atoms with Crippen molar-refractivity contribution in [2.75, 3.05) is 39.5 Å². The first-order chi connectivity index (χ1) is 14.9. The van der Waals surface area contributed by atoms with E-state index in [1.54, 1.807) is 6.07 Å². The molecule has 32 heavy (non-hydrogen) atoms. The summed E-state index contributed by atoms with van der Waals surface area (Å²) in [4.78, 5) is 6.93. The van der Waals surface area contributed by atoms with Crippen LogP contribution in [-0.4, -0.2) is 69.2 Å². The lowest BCUT2D eigenvalue weighted by atomic mass is 10.1. The van der Waals surface area contributed by atoms with Crippen molar-refractivity contribution in [3.05, 3.63) is 17.7 Å². The van der Waals surface area contributed by atoms with Gasteiger partial charge in [0.15, 0.2) is 17.5 Å². The molecule has 1 aromatic carbocycles. The molecular weight excluding hydrogens is 537 g/mol. The van der Waals surface area contributed by atoms with E-state index in [0.717, 1.165) is 32.6 Å². The summed E-state index contributed by atoms with van der Waals surface area (Å²) in [5.74, 6) is 1.54. The van der Waals surface area contributed by atoms with Crippen LogP contribution in [0.2, 0.25) is 0 Å². The first-order valence-electron chi connectivity index (χ1n) is 10.7. The maximum atomic E-state index is 12.8. The fourth-order valence-electron chi connectivity index (χ4n) is 3.78. The van der Waals surface area contributed by atoms with Crippen LogP contribution in [0.3, 0.4) is 0 Å². The number of morpholine rings is 1. The van der Waals surface area contributed by atoms with Gasteiger partial charge >= 0.3 is 6.61 Å². The fourth-order valence-corrected chi connectivity index (χ4v) is 3.78. The Morgan fingerprint density at radius 2 is 1.88 bits per heavy atom. The molecule has 11 heteroatoms. The van der Waals surface area contributed by atoms with Gasteiger partial charge in [0.2, 0.25) is 6.79 Å². The maximum absolute atomic E-state index is 12.8. The first-order valence-corrected chi connectivity index (χ1v) is 10.7. The molecule has 2 N–H and O–H groups in total. The lowest BCUT2D eigenvalue weighted by Crippen LogP contribution is -2.46. The predicted molar refractivity (Wildman–Crippen MR) is 128 cm³/mol. The Labute approximate surface area is 205 Å². The highest BCUT2D eigenvalue weighted by Crippen LogP contribution is 2.39. The molecule has 8 nitrogen and oxygen atoms in total. The van der Waals surface area contributed by atoms with Crippen molar-refractivity contribution in [3.8, 4) is 17.2 Å². The highest BCUT2D eigenvalue weighted by Gasteiger charge is 2.22. The van der Waals surface area contributed by atoms with Crippen LogP contribution in [0.15, 0.2) is 17.1 Å². The minimum Gasteiger partial charge on any atom is -0.454 e. The van der Waals surface area contributed by atoms with Gasteiger partial charge in [0, 0.05) is 44.4 Å². The number of nitrogens with zero attached hydrogens (tertiary/aromatic N) is 2. The summed E-state index contributed by atoms with van der Waals surface area (Å²) >= 11 is 0. The number of nitrogens with one attached hydrogen (secondary N) is 2. The molecule has 0 amide bonds. The number of alkyl halides is 2. The summed E-state index contributed by atoms with van der Waals surface area (Å²) in [6.07, 6.45) is 1.46. The van der Waals surface area contributed by atoms with Crippen molar-refractivity contribution in [1.29, 1.82) is 0 Å². The van der Waals surface area contributed by atoms with Gasteiger partial charge < -0.3 is 29.6 Å². The van der Waals surface area contributed by atoms with Crippen LogP contribution in [0.5, 0.6) is 17.2 Å². The minimum absolute atomic E-state index is 0. The SMILES string of the molecule is CCNC(=NCc1cc2c(cc1OC(F)F)OCO2)NCCCN1CC(C)OC(C)C1.I. The van der Waals surface area contributed by atoms with E-state index in [1.807, 2.05) is 6.92 Å². The number of guanidine groups is 1. The molecule has 0 saturated carbocycles. The molecule has 3 rings (SSSR count). The van der Waals surface area contributed by atoms with Crippen LogP contribution in [0.25, 0.3) is 0 Å². The molecule has 182 valence electrons. The standard InChI is InChI=1S/C21H32F2N4O4.HI/c1-4-24-21(25-6-5-7-27-11-14(2)30-15(3)12-27)26-10-16-8-18-19(29-13-28-18)9-17(16)31-20(22)23;/h8-9,14-15,20H,4-7,10-13H2,1-3H3,(H2,24,25,26);1H. The van der Waals surface area contributed by atoms with Crippen LogP contribution in [0.4, 0.5) is 8.78 Å². The third-order valence-electron chi connectivity index (χ3n) is 4.96. The van der Waals surface area contributed by atoms with Crippen molar-refractivity contribution in [2.45, 2.75) is 52.6 Å². The van der Waals surface area contributed by atoms with Crippen LogP contribution >= 0.6 is 24.0 Å². The zero-order chi connectivity index (χ0) is 22.2. The summed E-state index contributed by atoms with van der Waals surface area (Å²) in [5, 5.41) is 6.48. The van der Waals surface area contributed by atoms with Crippen LogP contribution in [0.1, 0.15) is 32.8 Å². The average molecular weight is 570 g/mol. The average Bonchev–Trinajstić information content (AvgIpc) is 3.15. The van der Waals surface area contributed by atoms with E-state index in [2.05, 4.69) is 39.1 Å². The van der Waals surface area contributed by atoms with Crippen molar-refractivity contribution in [3.63, 3.8) is 0 Å². The summed E-state index contributed by atoms with van der Waals surface area (Å²) in [6.45, 7) is 7.73. The maximum Gasteiger partial charge on any atom is 0.387 e. The molecule has 1 saturated heterocycles. The zero-order valence-corrected chi connectivity index (χ0v) is 21.1. The molecule has 2 aliphatic rings. The third-order valence-corrected chi connectivity index (χ3v) is 4.96. The molecule has 0 aromatic heterocycles. The molecule has 0 aliphatic carbocycles. The summed E-state index contributed by atoms with van der Waals surface area (Å²) < 4.78 is 46.6. The predicted octanol–water partition coefficient (Wildman–Crippen LogP) is 3.19. The van der Waals surface area contributed by atoms with Gasteiger partial charge in [-0.15, -0.1) is 24.0 Å². The molecular formula is C21H33F2IN4O4. The Hall–Kier alpha value is -1.60. The summed E-state index contributed by atoms with van der Waals surface area (Å²) in [7, 11) is 0. The second-order valence-electron chi connectivity index (χ2n) is 7.68.